The summed E-state index contributed by atoms with van der Waals surface area (Å²) in [4.78, 5) is 6.47. The molecule has 1 saturated heterocycles. The molecule has 1 aromatic rings. The van der Waals surface area contributed by atoms with Crippen molar-refractivity contribution in [1.29, 1.82) is 0 Å². The molecule has 1 N–H and O–H groups in total. The van der Waals surface area contributed by atoms with Gasteiger partial charge in [0.05, 0.1) is 0 Å². The van der Waals surface area contributed by atoms with Crippen LogP contribution in [0.2, 0.25) is 0 Å². The number of aromatic nitrogens is 1. The molecule has 0 saturated carbocycles. The van der Waals surface area contributed by atoms with Crippen LogP contribution in [0.25, 0.3) is 0 Å². The highest BCUT2D eigenvalue weighted by Gasteiger charge is 2.15. The Hall–Kier alpha value is -0.930. The molecule has 0 spiro atoms. The van der Waals surface area contributed by atoms with Crippen LogP contribution in [0.4, 0.5) is 0 Å². The van der Waals surface area contributed by atoms with Gasteiger partial charge < -0.3 is 10.2 Å². The number of piperidine rings is 1. The summed E-state index contributed by atoms with van der Waals surface area (Å²) in [6.45, 7) is 4.81. The molecule has 2 rings (SSSR count). The van der Waals surface area contributed by atoms with Gasteiger partial charge in [0.25, 0.3) is 0 Å². The fourth-order valence-corrected chi connectivity index (χ4v) is 2.56. The van der Waals surface area contributed by atoms with Gasteiger partial charge in [0, 0.05) is 12.4 Å². The lowest BCUT2D eigenvalue weighted by Crippen LogP contribution is -2.31. The molecule has 18 heavy (non-hydrogen) atoms. The molecule has 0 amide bonds. The maximum atomic E-state index is 4.03. The molecule has 1 aliphatic heterocycles. The highest BCUT2D eigenvalue weighted by molar-refractivity contribution is 5.09. The van der Waals surface area contributed by atoms with Gasteiger partial charge in [-0.3, -0.25) is 4.98 Å². The SMILES string of the molecule is CN1CCC(CCNCCc2ccncc2)CC1. The third-order valence-corrected chi connectivity index (χ3v) is 3.91. The first kappa shape index (κ1) is 13.5. The van der Waals surface area contributed by atoms with E-state index in [1.165, 1.54) is 44.5 Å². The van der Waals surface area contributed by atoms with Gasteiger partial charge in [0.1, 0.15) is 0 Å². The van der Waals surface area contributed by atoms with Crippen LogP contribution in [0, 0.1) is 5.92 Å². The van der Waals surface area contributed by atoms with Gasteiger partial charge >= 0.3 is 0 Å². The molecule has 0 aromatic carbocycles. The summed E-state index contributed by atoms with van der Waals surface area (Å²) < 4.78 is 0. The molecule has 1 aliphatic rings. The summed E-state index contributed by atoms with van der Waals surface area (Å²) >= 11 is 0. The second-order valence-electron chi connectivity index (χ2n) is 5.39. The number of nitrogens with one attached hydrogen (secondary N) is 1. The third kappa shape index (κ3) is 4.75. The summed E-state index contributed by atoms with van der Waals surface area (Å²) in [5.41, 5.74) is 1.37. The maximum Gasteiger partial charge on any atom is 0.0270 e. The number of hydrogen-bond acceptors (Lipinski definition) is 3. The normalized spacial score (nSPS) is 18.1. The smallest absolute Gasteiger partial charge is 0.0270 e. The zero-order chi connectivity index (χ0) is 12.6. The molecule has 3 heteroatoms. The van der Waals surface area contributed by atoms with Crippen LogP contribution in [-0.4, -0.2) is 43.1 Å². The minimum Gasteiger partial charge on any atom is -0.316 e. The molecular formula is C15H25N3. The Labute approximate surface area is 111 Å². The summed E-state index contributed by atoms with van der Waals surface area (Å²) in [6.07, 6.45) is 8.94. The second kappa shape index (κ2) is 7.49. The van der Waals surface area contributed by atoms with Crippen molar-refractivity contribution in [2.45, 2.75) is 25.7 Å². The van der Waals surface area contributed by atoms with Crippen molar-refractivity contribution in [2.24, 2.45) is 5.92 Å². The number of rotatable bonds is 6. The van der Waals surface area contributed by atoms with E-state index in [9.17, 15) is 0 Å². The van der Waals surface area contributed by atoms with E-state index >= 15 is 0 Å². The average Bonchev–Trinajstić information content (AvgIpc) is 2.42. The standard InChI is InChI=1S/C15H25N3/c1-18-12-6-15(7-13-18)5-11-17-10-4-14-2-8-16-9-3-14/h2-3,8-9,15,17H,4-7,10-13H2,1H3. The van der Waals surface area contributed by atoms with Crippen LogP contribution in [0.15, 0.2) is 24.5 Å². The van der Waals surface area contributed by atoms with E-state index in [1.54, 1.807) is 0 Å². The van der Waals surface area contributed by atoms with Crippen LogP contribution in [0.1, 0.15) is 24.8 Å². The number of pyridine rings is 1. The number of hydrogen-bond donors (Lipinski definition) is 1. The van der Waals surface area contributed by atoms with Crippen LogP contribution in [0.5, 0.6) is 0 Å². The summed E-state index contributed by atoms with van der Waals surface area (Å²) in [5.74, 6) is 0.939. The first-order valence-corrected chi connectivity index (χ1v) is 7.13. The van der Waals surface area contributed by atoms with Crippen molar-refractivity contribution in [1.82, 2.24) is 15.2 Å². The van der Waals surface area contributed by atoms with Gasteiger partial charge in [-0.25, -0.2) is 0 Å². The van der Waals surface area contributed by atoms with Gasteiger partial charge in [-0.15, -0.1) is 0 Å². The number of likely N-dealkylation sites (tertiary alicyclic amines) is 1. The average molecular weight is 247 g/mol. The van der Waals surface area contributed by atoms with Crippen LogP contribution in [-0.2, 0) is 6.42 Å². The van der Waals surface area contributed by atoms with Crippen molar-refractivity contribution in [3.63, 3.8) is 0 Å². The minimum atomic E-state index is 0.939. The molecule has 0 atom stereocenters. The summed E-state index contributed by atoms with van der Waals surface area (Å²) in [5, 5.41) is 3.56. The molecular weight excluding hydrogens is 222 g/mol. The van der Waals surface area contributed by atoms with Crippen molar-refractivity contribution < 1.29 is 0 Å². The Morgan fingerprint density at radius 3 is 2.67 bits per heavy atom. The summed E-state index contributed by atoms with van der Waals surface area (Å²) in [7, 11) is 2.23. The number of nitrogens with zero attached hydrogens (tertiary/aromatic N) is 2. The molecule has 2 heterocycles. The van der Waals surface area contributed by atoms with Crippen LogP contribution >= 0.6 is 0 Å². The molecule has 3 nitrogen and oxygen atoms in total. The molecule has 0 unspecified atom stereocenters. The largest absolute Gasteiger partial charge is 0.316 e. The first-order valence-electron chi connectivity index (χ1n) is 7.13. The molecule has 0 radical (unpaired) electrons. The van der Waals surface area contributed by atoms with E-state index in [0.29, 0.717) is 0 Å². The van der Waals surface area contributed by atoms with Crippen molar-refractivity contribution >= 4 is 0 Å². The highest BCUT2D eigenvalue weighted by Crippen LogP contribution is 2.18. The quantitative estimate of drug-likeness (QED) is 0.779. The van der Waals surface area contributed by atoms with Gasteiger partial charge in [-0.2, -0.15) is 0 Å². The fraction of sp³-hybridized carbons (Fsp3) is 0.667. The predicted molar refractivity (Wildman–Crippen MR) is 75.6 cm³/mol. The minimum absolute atomic E-state index is 0.939. The Morgan fingerprint density at radius 1 is 1.22 bits per heavy atom. The van der Waals surface area contributed by atoms with Gasteiger partial charge in [0.2, 0.25) is 0 Å². The zero-order valence-corrected chi connectivity index (χ0v) is 11.4. The Morgan fingerprint density at radius 2 is 1.94 bits per heavy atom. The van der Waals surface area contributed by atoms with Gasteiger partial charge in [-0.1, -0.05) is 0 Å². The van der Waals surface area contributed by atoms with Crippen molar-refractivity contribution in [3.8, 4) is 0 Å². The second-order valence-corrected chi connectivity index (χ2v) is 5.39. The van der Waals surface area contributed by atoms with Crippen LogP contribution < -0.4 is 5.32 Å². The van der Waals surface area contributed by atoms with Gasteiger partial charge in [-0.05, 0) is 82.5 Å². The van der Waals surface area contributed by atoms with E-state index in [1.807, 2.05) is 12.4 Å². The van der Waals surface area contributed by atoms with E-state index in [2.05, 4.69) is 34.4 Å². The molecule has 0 aliphatic carbocycles. The predicted octanol–water partition coefficient (Wildman–Crippen LogP) is 1.95. The lowest BCUT2D eigenvalue weighted by Gasteiger charge is -2.28. The Kier molecular flexibility index (Phi) is 5.62. The van der Waals surface area contributed by atoms with Crippen molar-refractivity contribution in [3.05, 3.63) is 30.1 Å². The first-order chi connectivity index (χ1) is 8.84. The van der Waals surface area contributed by atoms with Crippen molar-refractivity contribution in [2.75, 3.05) is 33.2 Å². The topological polar surface area (TPSA) is 28.2 Å². The van der Waals surface area contributed by atoms with E-state index in [0.717, 1.165) is 18.9 Å². The Bertz CT molecular complexity index is 318. The molecule has 100 valence electrons. The van der Waals surface area contributed by atoms with Gasteiger partial charge in [0.15, 0.2) is 0 Å². The summed E-state index contributed by atoms with van der Waals surface area (Å²) in [6, 6.07) is 4.19. The van der Waals surface area contributed by atoms with E-state index in [-0.39, 0.29) is 0 Å². The molecule has 1 fully saturated rings. The lowest BCUT2D eigenvalue weighted by atomic mass is 9.94. The molecule has 1 aromatic heterocycles. The van der Waals surface area contributed by atoms with E-state index in [4.69, 9.17) is 0 Å². The Balaban J connectivity index is 1.51. The zero-order valence-electron chi connectivity index (χ0n) is 11.4. The lowest BCUT2D eigenvalue weighted by molar-refractivity contribution is 0.212. The monoisotopic (exact) mass is 247 g/mol. The van der Waals surface area contributed by atoms with Crippen LogP contribution in [0.3, 0.4) is 0 Å². The highest BCUT2D eigenvalue weighted by atomic mass is 15.1. The fourth-order valence-electron chi connectivity index (χ4n) is 2.56. The maximum absolute atomic E-state index is 4.03. The molecule has 0 bridgehead atoms. The van der Waals surface area contributed by atoms with E-state index < -0.39 is 0 Å². The third-order valence-electron chi connectivity index (χ3n) is 3.91.